The van der Waals surface area contributed by atoms with E-state index in [4.69, 9.17) is 17.0 Å². The van der Waals surface area contributed by atoms with Crippen molar-refractivity contribution in [2.45, 2.75) is 18.9 Å². The molecule has 1 aliphatic heterocycles. The van der Waals surface area contributed by atoms with E-state index in [0.29, 0.717) is 11.3 Å². The number of ether oxygens (including phenoxy) is 1. The van der Waals surface area contributed by atoms with Gasteiger partial charge < -0.3 is 38.1 Å². The highest BCUT2D eigenvalue weighted by Gasteiger charge is 2.29. The van der Waals surface area contributed by atoms with Gasteiger partial charge in [0.25, 0.3) is 5.17 Å². The first-order valence-corrected chi connectivity index (χ1v) is 5.51. The molecule has 1 unspecified atom stereocenters. The second-order valence-electron chi connectivity index (χ2n) is 4.88. The molecule has 0 bridgehead atoms. The summed E-state index contributed by atoms with van der Waals surface area (Å²) in [4.78, 5) is 1.85. The van der Waals surface area contributed by atoms with Gasteiger partial charge in [0, 0.05) is 20.5 Å². The van der Waals surface area contributed by atoms with Gasteiger partial charge in [-0.05, 0) is 18.6 Å². The Hall–Kier alpha value is 0.380. The molecule has 1 rings (SSSR count). The smallest absolute Gasteiger partial charge is 0.259 e. The molecule has 1 atom stereocenters. The molecule has 0 spiro atoms. The molecule has 1 fully saturated rings. The third kappa shape index (κ3) is 5.31. The first-order valence-electron chi connectivity index (χ1n) is 5.11. The monoisotopic (exact) mass is 344 g/mol. The Morgan fingerprint density at radius 2 is 2.00 bits per heavy atom. The molecule has 90 valence electrons. The van der Waals surface area contributed by atoms with Crippen LogP contribution in [0.3, 0.4) is 0 Å². The summed E-state index contributed by atoms with van der Waals surface area (Å²) in [6.07, 6.45) is 2.66. The van der Waals surface area contributed by atoms with Crippen LogP contribution in [0.2, 0.25) is 0 Å². The van der Waals surface area contributed by atoms with E-state index >= 15 is 0 Å². The summed E-state index contributed by atoms with van der Waals surface area (Å²) in [7, 11) is 8.33. The van der Waals surface area contributed by atoms with Crippen molar-refractivity contribution in [2.24, 2.45) is 0 Å². The lowest BCUT2D eigenvalue weighted by Crippen LogP contribution is -3.00. The van der Waals surface area contributed by atoms with E-state index in [1.807, 2.05) is 19.0 Å². The van der Waals surface area contributed by atoms with Crippen molar-refractivity contribution < 1.29 is 33.2 Å². The molecule has 15 heavy (non-hydrogen) atoms. The lowest BCUT2D eigenvalue weighted by atomic mass is 10.1. The van der Waals surface area contributed by atoms with Crippen LogP contribution >= 0.6 is 12.2 Å². The van der Waals surface area contributed by atoms with E-state index in [9.17, 15) is 0 Å². The van der Waals surface area contributed by atoms with Crippen molar-refractivity contribution in [3.8, 4) is 0 Å². The van der Waals surface area contributed by atoms with Gasteiger partial charge in [0.2, 0.25) is 0 Å². The summed E-state index contributed by atoms with van der Waals surface area (Å²) in [6, 6.07) is 0. The van der Waals surface area contributed by atoms with Crippen molar-refractivity contribution in [1.82, 2.24) is 4.90 Å². The zero-order chi connectivity index (χ0) is 10.8. The number of hydrogen-bond donors (Lipinski definition) is 0. The number of likely N-dealkylation sites (N-methyl/N-ethyl adjacent to an activating group) is 1. The summed E-state index contributed by atoms with van der Waals surface area (Å²) in [6.45, 7) is 2.31. The number of piperidine rings is 1. The lowest BCUT2D eigenvalue weighted by molar-refractivity contribution is -0.898. The first kappa shape index (κ1) is 15.4. The molecule has 0 radical (unpaired) electrons. The fourth-order valence-electron chi connectivity index (χ4n) is 1.83. The summed E-state index contributed by atoms with van der Waals surface area (Å²) in [5.41, 5.74) is 0. The Labute approximate surface area is 115 Å². The largest absolute Gasteiger partial charge is 1.00 e. The summed E-state index contributed by atoms with van der Waals surface area (Å²) in [5, 5.41) is 0.608. The van der Waals surface area contributed by atoms with Crippen LogP contribution in [0.5, 0.6) is 0 Å². The van der Waals surface area contributed by atoms with Gasteiger partial charge in [-0.15, -0.1) is 0 Å². The van der Waals surface area contributed by atoms with Crippen molar-refractivity contribution >= 4 is 17.4 Å². The van der Waals surface area contributed by atoms with Crippen molar-refractivity contribution in [1.29, 1.82) is 0 Å². The molecular weight excluding hydrogens is 323 g/mol. The van der Waals surface area contributed by atoms with Crippen LogP contribution in [0.15, 0.2) is 0 Å². The third-order valence-electron chi connectivity index (χ3n) is 2.62. The molecule has 0 N–H and O–H groups in total. The molecular formula is C10H21IN2OS. The molecule has 1 saturated heterocycles. The molecule has 1 aliphatic rings. The van der Waals surface area contributed by atoms with Crippen LogP contribution in [-0.4, -0.2) is 61.9 Å². The maximum Gasteiger partial charge on any atom is 0.259 e. The second-order valence-corrected chi connectivity index (χ2v) is 5.23. The van der Waals surface area contributed by atoms with Gasteiger partial charge in [-0.2, -0.15) is 0 Å². The van der Waals surface area contributed by atoms with E-state index in [2.05, 4.69) is 14.1 Å². The zero-order valence-corrected chi connectivity index (χ0v) is 13.0. The van der Waals surface area contributed by atoms with Gasteiger partial charge in [-0.3, -0.25) is 0 Å². The van der Waals surface area contributed by atoms with Gasteiger partial charge in [-0.1, -0.05) is 0 Å². The van der Waals surface area contributed by atoms with Crippen LogP contribution in [0.25, 0.3) is 0 Å². The summed E-state index contributed by atoms with van der Waals surface area (Å²) < 4.78 is 6.77. The highest BCUT2D eigenvalue weighted by molar-refractivity contribution is 7.80. The van der Waals surface area contributed by atoms with E-state index in [1.165, 1.54) is 13.0 Å². The van der Waals surface area contributed by atoms with Crippen molar-refractivity contribution in [2.75, 3.05) is 41.3 Å². The molecule has 0 aromatic rings. The number of likely N-dealkylation sites (tertiary alicyclic amines) is 1. The molecule has 0 amide bonds. The number of thiocarbonyl (C=S) groups is 1. The van der Waals surface area contributed by atoms with Gasteiger partial charge in [0.05, 0.1) is 20.6 Å². The number of quaternary nitrogens is 1. The predicted octanol–water partition coefficient (Wildman–Crippen LogP) is -1.91. The highest BCUT2D eigenvalue weighted by atomic mass is 127. The summed E-state index contributed by atoms with van der Waals surface area (Å²) >= 11 is 5.13. The summed E-state index contributed by atoms with van der Waals surface area (Å²) in [5.74, 6) is 0. The van der Waals surface area contributed by atoms with Gasteiger partial charge in [0.15, 0.2) is 6.10 Å². The maximum absolute atomic E-state index is 5.73. The van der Waals surface area contributed by atoms with E-state index in [0.717, 1.165) is 17.4 Å². The maximum atomic E-state index is 5.73. The minimum absolute atomic E-state index is 0. The number of rotatable bonds is 1. The van der Waals surface area contributed by atoms with Crippen LogP contribution in [0.1, 0.15) is 12.8 Å². The Balaban J connectivity index is 0.00000196. The average molecular weight is 344 g/mol. The Bertz CT molecular complexity index is 221. The number of hydrogen-bond acceptors (Lipinski definition) is 2. The van der Waals surface area contributed by atoms with E-state index in [-0.39, 0.29) is 24.0 Å². The highest BCUT2D eigenvalue weighted by Crippen LogP contribution is 2.17. The van der Waals surface area contributed by atoms with Crippen molar-refractivity contribution in [3.05, 3.63) is 0 Å². The van der Waals surface area contributed by atoms with Crippen LogP contribution in [0, 0.1) is 0 Å². The minimum atomic E-state index is 0. The minimum Gasteiger partial charge on any atom is -1.00 e. The molecule has 0 aromatic heterocycles. The molecule has 3 nitrogen and oxygen atoms in total. The normalized spacial score (nSPS) is 23.9. The Morgan fingerprint density at radius 3 is 2.47 bits per heavy atom. The lowest BCUT2D eigenvalue weighted by Gasteiger charge is -2.38. The molecule has 0 aliphatic carbocycles. The van der Waals surface area contributed by atoms with Gasteiger partial charge >= 0.3 is 0 Å². The van der Waals surface area contributed by atoms with Gasteiger partial charge in [0.1, 0.15) is 6.54 Å². The standard InChI is InChI=1S/C10H21N2OS.HI/c1-11(2)10(14)13-9-6-5-7-12(3,4)8-9;/h9H,5-8H2,1-4H3;1H/q+1;/p-1. The van der Waals surface area contributed by atoms with E-state index in [1.54, 1.807) is 0 Å². The quantitative estimate of drug-likeness (QED) is 0.313. The SMILES string of the molecule is CN(C)C(=S)OC1CCC[N+](C)(C)C1.[I-]. The fourth-order valence-corrected chi connectivity index (χ4v) is 1.96. The Morgan fingerprint density at radius 1 is 1.40 bits per heavy atom. The van der Waals surface area contributed by atoms with Crippen LogP contribution in [0.4, 0.5) is 0 Å². The fraction of sp³-hybridized carbons (Fsp3) is 0.900. The number of halogens is 1. The van der Waals surface area contributed by atoms with Crippen molar-refractivity contribution in [3.63, 3.8) is 0 Å². The van der Waals surface area contributed by atoms with Crippen LogP contribution in [-0.2, 0) is 4.74 Å². The molecule has 0 aromatic carbocycles. The van der Waals surface area contributed by atoms with Gasteiger partial charge in [-0.25, -0.2) is 0 Å². The number of nitrogens with zero attached hydrogens (tertiary/aromatic N) is 2. The van der Waals surface area contributed by atoms with E-state index < -0.39 is 0 Å². The topological polar surface area (TPSA) is 12.5 Å². The Kier molecular flexibility index (Phi) is 6.36. The average Bonchev–Trinajstić information content (AvgIpc) is 2.01. The predicted molar refractivity (Wildman–Crippen MR) is 62.2 cm³/mol. The molecule has 5 heteroatoms. The third-order valence-corrected chi connectivity index (χ3v) is 3.08. The molecule has 1 heterocycles. The second kappa shape index (κ2) is 6.20. The molecule has 0 saturated carbocycles. The zero-order valence-electron chi connectivity index (χ0n) is 9.99. The van der Waals surface area contributed by atoms with Crippen LogP contribution < -0.4 is 24.0 Å². The first-order chi connectivity index (χ1) is 6.41.